The number of carboxylic acids is 1. The number of piperidine rings is 1. The Morgan fingerprint density at radius 3 is 2.82 bits per heavy atom. The summed E-state index contributed by atoms with van der Waals surface area (Å²) >= 11 is 0. The van der Waals surface area contributed by atoms with E-state index < -0.39 is 5.97 Å². The molecule has 0 bridgehead atoms. The summed E-state index contributed by atoms with van der Waals surface area (Å²) in [6.07, 6.45) is 1.88. The molecule has 1 aliphatic rings. The molecule has 5 rings (SSSR count). The van der Waals surface area contributed by atoms with Crippen molar-refractivity contribution in [1.29, 1.82) is 0 Å². The Morgan fingerprint density at radius 1 is 1.26 bits per heavy atom. The molecule has 4 aromatic rings. The zero-order chi connectivity index (χ0) is 24.0. The first-order valence-corrected chi connectivity index (χ1v) is 11.3. The average Bonchev–Trinajstić information content (AvgIpc) is 3.21. The number of ether oxygens (including phenoxy) is 1. The van der Waals surface area contributed by atoms with Crippen LogP contribution in [0.25, 0.3) is 21.9 Å². The fourth-order valence-corrected chi connectivity index (χ4v) is 4.80. The van der Waals surface area contributed by atoms with Gasteiger partial charge in [-0.3, -0.25) is 4.79 Å². The van der Waals surface area contributed by atoms with Crippen molar-refractivity contribution in [3.63, 3.8) is 0 Å². The Bertz CT molecular complexity index is 1470. The quantitative estimate of drug-likeness (QED) is 0.469. The van der Waals surface area contributed by atoms with Gasteiger partial charge in [-0.2, -0.15) is 0 Å². The van der Waals surface area contributed by atoms with Crippen molar-refractivity contribution >= 4 is 33.9 Å². The minimum Gasteiger partial charge on any atom is -0.497 e. The van der Waals surface area contributed by atoms with E-state index in [1.54, 1.807) is 30.9 Å². The topological polar surface area (TPSA) is 116 Å². The maximum atomic E-state index is 13.6. The SMILES string of the molecule is COc1cccc(Cn2c(N3CCC[C@@H](N)C3)nc3c4cc(C(=O)O)ccc4n(C)c(=O)c32)c1. The number of rotatable bonds is 5. The van der Waals surface area contributed by atoms with E-state index >= 15 is 0 Å². The van der Waals surface area contributed by atoms with Crippen LogP contribution in [-0.2, 0) is 13.6 Å². The van der Waals surface area contributed by atoms with Crippen molar-refractivity contribution < 1.29 is 14.6 Å². The van der Waals surface area contributed by atoms with Crippen molar-refractivity contribution in [2.24, 2.45) is 12.8 Å². The van der Waals surface area contributed by atoms with Crippen LogP contribution in [0.4, 0.5) is 5.95 Å². The van der Waals surface area contributed by atoms with Crippen LogP contribution >= 0.6 is 0 Å². The van der Waals surface area contributed by atoms with Gasteiger partial charge < -0.3 is 29.6 Å². The van der Waals surface area contributed by atoms with E-state index in [9.17, 15) is 14.7 Å². The predicted octanol–water partition coefficient (Wildman–Crippen LogP) is 2.57. The van der Waals surface area contributed by atoms with E-state index in [-0.39, 0.29) is 17.2 Å². The molecule has 0 saturated carbocycles. The van der Waals surface area contributed by atoms with Crippen molar-refractivity contribution in [3.05, 3.63) is 63.9 Å². The Balaban J connectivity index is 1.80. The highest BCUT2D eigenvalue weighted by molar-refractivity contribution is 6.06. The maximum Gasteiger partial charge on any atom is 0.335 e. The third kappa shape index (κ3) is 3.67. The highest BCUT2D eigenvalue weighted by Gasteiger charge is 2.26. The third-order valence-corrected chi connectivity index (χ3v) is 6.53. The van der Waals surface area contributed by atoms with Crippen LogP contribution in [0.3, 0.4) is 0 Å². The number of pyridine rings is 1. The van der Waals surface area contributed by atoms with E-state index in [1.807, 2.05) is 28.8 Å². The molecule has 9 nitrogen and oxygen atoms in total. The molecule has 1 atom stereocenters. The Morgan fingerprint density at radius 2 is 2.09 bits per heavy atom. The van der Waals surface area contributed by atoms with E-state index in [4.69, 9.17) is 15.5 Å². The molecule has 1 aliphatic heterocycles. The molecule has 2 aromatic carbocycles. The Labute approximate surface area is 196 Å². The lowest BCUT2D eigenvalue weighted by atomic mass is 10.1. The molecule has 9 heteroatoms. The third-order valence-electron chi connectivity index (χ3n) is 6.53. The molecule has 0 spiro atoms. The summed E-state index contributed by atoms with van der Waals surface area (Å²) in [4.78, 5) is 32.3. The molecular formula is C25H27N5O4. The standard InChI is InChI=1S/C25H27N5O4/c1-28-20-9-8-16(24(32)33)12-19(20)21-22(23(28)31)30(13-15-5-3-7-18(11-15)34-2)25(27-21)29-10-4-6-17(26)14-29/h3,5,7-9,11-12,17H,4,6,10,13-14,26H2,1-2H3,(H,32,33)/t17-/m1/s1. The van der Waals surface area contributed by atoms with Crippen molar-refractivity contribution in [2.45, 2.75) is 25.4 Å². The van der Waals surface area contributed by atoms with Gasteiger partial charge in [0.15, 0.2) is 0 Å². The number of aryl methyl sites for hydroxylation is 1. The van der Waals surface area contributed by atoms with Gasteiger partial charge >= 0.3 is 5.97 Å². The first-order chi connectivity index (χ1) is 16.4. The number of hydrogen-bond donors (Lipinski definition) is 2. The van der Waals surface area contributed by atoms with Crippen LogP contribution < -0.4 is 20.9 Å². The van der Waals surface area contributed by atoms with E-state index in [2.05, 4.69) is 4.90 Å². The summed E-state index contributed by atoms with van der Waals surface area (Å²) in [5.41, 5.74) is 8.76. The highest BCUT2D eigenvalue weighted by atomic mass is 16.5. The van der Waals surface area contributed by atoms with Crippen LogP contribution in [-0.4, -0.2) is 51.4 Å². The number of aromatic carboxylic acids is 1. The van der Waals surface area contributed by atoms with Crippen LogP contribution in [0.15, 0.2) is 47.3 Å². The molecule has 1 fully saturated rings. The first kappa shape index (κ1) is 22.0. The average molecular weight is 462 g/mol. The number of imidazole rings is 1. The molecule has 2 aromatic heterocycles. The number of fused-ring (bicyclic) bond motifs is 3. The number of carboxylic acid groups (broad SMARTS) is 1. The fourth-order valence-electron chi connectivity index (χ4n) is 4.80. The highest BCUT2D eigenvalue weighted by Crippen LogP contribution is 2.30. The van der Waals surface area contributed by atoms with Crippen LogP contribution in [0.1, 0.15) is 28.8 Å². The van der Waals surface area contributed by atoms with Gasteiger partial charge in [0.1, 0.15) is 16.8 Å². The molecule has 3 N–H and O–H groups in total. The maximum absolute atomic E-state index is 13.6. The summed E-state index contributed by atoms with van der Waals surface area (Å²) in [5, 5.41) is 10.2. The lowest BCUT2D eigenvalue weighted by Gasteiger charge is -2.32. The van der Waals surface area contributed by atoms with Crippen LogP contribution in [0.2, 0.25) is 0 Å². The van der Waals surface area contributed by atoms with Crippen LogP contribution in [0, 0.1) is 0 Å². The Hall–Kier alpha value is -3.85. The van der Waals surface area contributed by atoms with Crippen molar-refractivity contribution in [3.8, 4) is 5.75 Å². The number of hydrogen-bond acceptors (Lipinski definition) is 6. The molecule has 34 heavy (non-hydrogen) atoms. The number of methoxy groups -OCH3 is 1. The molecule has 3 heterocycles. The largest absolute Gasteiger partial charge is 0.497 e. The number of benzene rings is 2. The lowest BCUT2D eigenvalue weighted by Crippen LogP contribution is -2.44. The molecule has 0 aliphatic carbocycles. The van der Waals surface area contributed by atoms with Gasteiger partial charge in [-0.15, -0.1) is 0 Å². The zero-order valence-electron chi connectivity index (χ0n) is 19.2. The van der Waals surface area contributed by atoms with Gasteiger partial charge in [-0.05, 0) is 48.7 Å². The van der Waals surface area contributed by atoms with Gasteiger partial charge in [-0.25, -0.2) is 9.78 Å². The zero-order valence-corrected chi connectivity index (χ0v) is 19.2. The van der Waals surface area contributed by atoms with Gasteiger partial charge in [-0.1, -0.05) is 12.1 Å². The van der Waals surface area contributed by atoms with Crippen LogP contribution in [0.5, 0.6) is 5.75 Å². The summed E-state index contributed by atoms with van der Waals surface area (Å²) in [5.74, 6) is 0.369. The minimum absolute atomic E-state index is 0.0250. The molecule has 176 valence electrons. The molecular weight excluding hydrogens is 434 g/mol. The van der Waals surface area contributed by atoms with Crippen molar-refractivity contribution in [1.82, 2.24) is 14.1 Å². The first-order valence-electron chi connectivity index (χ1n) is 11.3. The lowest BCUT2D eigenvalue weighted by molar-refractivity contribution is 0.0697. The second kappa shape index (κ2) is 8.49. The fraction of sp³-hybridized carbons (Fsp3) is 0.320. The minimum atomic E-state index is -1.03. The molecule has 0 amide bonds. The molecule has 1 saturated heterocycles. The van der Waals surface area contributed by atoms with E-state index in [1.165, 1.54) is 6.07 Å². The molecule has 0 unspecified atom stereocenters. The number of carbonyl (C=O) groups is 1. The van der Waals surface area contributed by atoms with Gasteiger partial charge in [0.25, 0.3) is 5.56 Å². The number of anilines is 1. The number of nitrogens with zero attached hydrogens (tertiary/aromatic N) is 4. The summed E-state index contributed by atoms with van der Waals surface area (Å²) in [6, 6.07) is 12.5. The van der Waals surface area contributed by atoms with Gasteiger partial charge in [0, 0.05) is 31.6 Å². The summed E-state index contributed by atoms with van der Waals surface area (Å²) < 4.78 is 8.87. The summed E-state index contributed by atoms with van der Waals surface area (Å²) in [6.45, 7) is 1.84. The smallest absolute Gasteiger partial charge is 0.335 e. The van der Waals surface area contributed by atoms with E-state index in [0.29, 0.717) is 41.0 Å². The normalized spacial score (nSPS) is 16.3. The second-order valence-corrected chi connectivity index (χ2v) is 8.80. The Kier molecular flexibility index (Phi) is 5.49. The second-order valence-electron chi connectivity index (χ2n) is 8.80. The number of nitrogens with two attached hydrogens (primary N) is 1. The number of aromatic nitrogens is 3. The monoisotopic (exact) mass is 461 g/mol. The molecule has 0 radical (unpaired) electrons. The van der Waals surface area contributed by atoms with Gasteiger partial charge in [0.05, 0.1) is 24.7 Å². The van der Waals surface area contributed by atoms with Crippen molar-refractivity contribution in [2.75, 3.05) is 25.1 Å². The predicted molar refractivity (Wildman–Crippen MR) is 131 cm³/mol. The van der Waals surface area contributed by atoms with Gasteiger partial charge in [0.2, 0.25) is 5.95 Å². The van der Waals surface area contributed by atoms with E-state index in [0.717, 1.165) is 30.7 Å². The summed E-state index contributed by atoms with van der Waals surface area (Å²) in [7, 11) is 3.32.